The molecule has 1 aromatic carbocycles. The molecule has 0 aliphatic heterocycles. The molecule has 0 unspecified atom stereocenters. The number of aliphatic carboxylic acids is 1. The van der Waals surface area contributed by atoms with Crippen LogP contribution in [0.1, 0.15) is 10.4 Å². The van der Waals surface area contributed by atoms with E-state index in [0.717, 1.165) is 0 Å². The highest BCUT2D eigenvalue weighted by Gasteiger charge is 2.19. The van der Waals surface area contributed by atoms with E-state index in [-0.39, 0.29) is 11.3 Å². The molecule has 0 bridgehead atoms. The number of aliphatic hydroxyl groups is 1. The van der Waals surface area contributed by atoms with Gasteiger partial charge in [0.05, 0.1) is 17.3 Å². The number of carbonyl (C=O) groups is 2. The van der Waals surface area contributed by atoms with Crippen molar-refractivity contribution in [3.63, 3.8) is 0 Å². The summed E-state index contributed by atoms with van der Waals surface area (Å²) < 4.78 is 0. The van der Waals surface area contributed by atoms with Crippen molar-refractivity contribution in [1.29, 1.82) is 0 Å². The minimum Gasteiger partial charge on any atom is -0.480 e. The van der Waals surface area contributed by atoms with Crippen LogP contribution in [0.5, 0.6) is 0 Å². The van der Waals surface area contributed by atoms with Gasteiger partial charge >= 0.3 is 5.97 Å². The number of carboxylic acid groups (broad SMARTS) is 1. The lowest BCUT2D eigenvalue weighted by Gasteiger charge is -2.11. The number of nitrogen functional groups attached to an aromatic ring is 1. The number of benzene rings is 1. The molecule has 0 spiro atoms. The summed E-state index contributed by atoms with van der Waals surface area (Å²) in [7, 11) is 0. The molecule has 5 N–H and O–H groups in total. The first kappa shape index (κ1) is 13.3. The van der Waals surface area contributed by atoms with Crippen molar-refractivity contribution in [2.45, 2.75) is 6.04 Å². The molecule has 0 radical (unpaired) electrons. The number of nitrogens with two attached hydrogens (primary N) is 1. The summed E-state index contributed by atoms with van der Waals surface area (Å²) in [5.41, 5.74) is 5.89. The molecular formula is C10H11ClN2O4. The van der Waals surface area contributed by atoms with Gasteiger partial charge in [-0.15, -0.1) is 0 Å². The smallest absolute Gasteiger partial charge is 0.328 e. The van der Waals surface area contributed by atoms with Crippen LogP contribution in [0.3, 0.4) is 0 Å². The van der Waals surface area contributed by atoms with Gasteiger partial charge in [0, 0.05) is 5.56 Å². The normalized spacial score (nSPS) is 11.9. The molecular weight excluding hydrogens is 248 g/mol. The third kappa shape index (κ3) is 3.33. The molecule has 0 saturated carbocycles. The van der Waals surface area contributed by atoms with E-state index in [1.807, 2.05) is 0 Å². The number of hydrogen-bond donors (Lipinski definition) is 4. The van der Waals surface area contributed by atoms with Gasteiger partial charge in [-0.25, -0.2) is 4.79 Å². The zero-order valence-electron chi connectivity index (χ0n) is 8.68. The number of anilines is 1. The average molecular weight is 259 g/mol. The summed E-state index contributed by atoms with van der Waals surface area (Å²) in [6.45, 7) is -0.690. The van der Waals surface area contributed by atoms with Crippen LogP contribution in [-0.2, 0) is 4.79 Å². The quantitative estimate of drug-likeness (QED) is 0.572. The maximum Gasteiger partial charge on any atom is 0.328 e. The topological polar surface area (TPSA) is 113 Å². The largest absolute Gasteiger partial charge is 0.480 e. The fraction of sp³-hybridized carbons (Fsp3) is 0.200. The van der Waals surface area contributed by atoms with Gasteiger partial charge < -0.3 is 21.3 Å². The van der Waals surface area contributed by atoms with E-state index in [1.165, 1.54) is 18.2 Å². The summed E-state index contributed by atoms with van der Waals surface area (Å²) in [4.78, 5) is 22.2. The Labute approximate surface area is 102 Å². The Kier molecular flexibility index (Phi) is 4.30. The Bertz CT molecular complexity index is 450. The maximum atomic E-state index is 11.6. The van der Waals surface area contributed by atoms with Gasteiger partial charge in [0.15, 0.2) is 6.04 Å². The maximum absolute atomic E-state index is 11.6. The first-order valence-electron chi connectivity index (χ1n) is 4.65. The van der Waals surface area contributed by atoms with E-state index in [9.17, 15) is 9.59 Å². The SMILES string of the molecule is Nc1cc(C(=O)N[C@H](CO)C(=O)O)ccc1Cl. The van der Waals surface area contributed by atoms with Crippen molar-refractivity contribution in [3.8, 4) is 0 Å². The first-order chi connectivity index (χ1) is 7.95. The molecule has 0 aliphatic carbocycles. The molecule has 0 aromatic heterocycles. The second-order valence-electron chi connectivity index (χ2n) is 3.28. The fourth-order valence-corrected chi connectivity index (χ4v) is 1.23. The van der Waals surface area contributed by atoms with Crippen molar-refractivity contribution >= 4 is 29.2 Å². The van der Waals surface area contributed by atoms with E-state index in [1.54, 1.807) is 0 Å². The molecule has 0 heterocycles. The third-order valence-electron chi connectivity index (χ3n) is 2.04. The zero-order chi connectivity index (χ0) is 13.0. The van der Waals surface area contributed by atoms with Crippen molar-refractivity contribution < 1.29 is 19.8 Å². The van der Waals surface area contributed by atoms with Gasteiger partial charge in [0.2, 0.25) is 0 Å². The average Bonchev–Trinajstić information content (AvgIpc) is 2.28. The van der Waals surface area contributed by atoms with Crippen LogP contribution in [0.15, 0.2) is 18.2 Å². The number of carboxylic acids is 1. The highest BCUT2D eigenvalue weighted by atomic mass is 35.5. The molecule has 0 saturated heterocycles. The number of aliphatic hydroxyl groups excluding tert-OH is 1. The lowest BCUT2D eigenvalue weighted by Crippen LogP contribution is -2.43. The standard InChI is InChI=1S/C10H11ClN2O4/c11-6-2-1-5(3-7(6)12)9(15)13-8(4-14)10(16)17/h1-3,8,14H,4,12H2,(H,13,15)(H,16,17)/t8-/m1/s1. The Balaban J connectivity index is 2.82. The van der Waals surface area contributed by atoms with E-state index in [2.05, 4.69) is 5.32 Å². The van der Waals surface area contributed by atoms with Crippen LogP contribution in [0.25, 0.3) is 0 Å². The van der Waals surface area contributed by atoms with Gasteiger partial charge in [0.25, 0.3) is 5.91 Å². The fourth-order valence-electron chi connectivity index (χ4n) is 1.11. The van der Waals surface area contributed by atoms with Gasteiger partial charge in [-0.3, -0.25) is 4.79 Å². The molecule has 0 fully saturated rings. The van der Waals surface area contributed by atoms with Gasteiger partial charge in [-0.05, 0) is 18.2 Å². The Morgan fingerprint density at radius 1 is 1.47 bits per heavy atom. The predicted molar refractivity (Wildman–Crippen MR) is 61.8 cm³/mol. The van der Waals surface area contributed by atoms with Crippen molar-refractivity contribution in [2.24, 2.45) is 0 Å². The van der Waals surface area contributed by atoms with Crippen LogP contribution < -0.4 is 11.1 Å². The van der Waals surface area contributed by atoms with Crippen molar-refractivity contribution in [2.75, 3.05) is 12.3 Å². The Morgan fingerprint density at radius 2 is 2.12 bits per heavy atom. The second-order valence-corrected chi connectivity index (χ2v) is 3.69. The number of carbonyl (C=O) groups excluding carboxylic acids is 1. The molecule has 17 heavy (non-hydrogen) atoms. The highest BCUT2D eigenvalue weighted by molar-refractivity contribution is 6.33. The molecule has 6 nitrogen and oxygen atoms in total. The van der Waals surface area contributed by atoms with Crippen LogP contribution in [0.2, 0.25) is 5.02 Å². The number of amides is 1. The minimum absolute atomic E-state index is 0.173. The summed E-state index contributed by atoms with van der Waals surface area (Å²) in [6, 6.07) is 2.82. The summed E-state index contributed by atoms with van der Waals surface area (Å²) in [5.74, 6) is -1.96. The first-order valence-corrected chi connectivity index (χ1v) is 5.03. The van der Waals surface area contributed by atoms with Crippen LogP contribution in [0, 0.1) is 0 Å². The highest BCUT2D eigenvalue weighted by Crippen LogP contribution is 2.19. The van der Waals surface area contributed by atoms with Crippen molar-refractivity contribution in [1.82, 2.24) is 5.32 Å². The monoisotopic (exact) mass is 258 g/mol. The molecule has 0 aliphatic rings. The number of hydrogen-bond acceptors (Lipinski definition) is 4. The Hall–Kier alpha value is -1.79. The molecule has 1 aromatic rings. The third-order valence-corrected chi connectivity index (χ3v) is 2.39. The second kappa shape index (κ2) is 5.51. The Morgan fingerprint density at radius 3 is 2.59 bits per heavy atom. The number of nitrogens with one attached hydrogen (secondary N) is 1. The van der Waals surface area contributed by atoms with E-state index >= 15 is 0 Å². The molecule has 1 atom stereocenters. The summed E-state index contributed by atoms with van der Waals surface area (Å²) in [6.07, 6.45) is 0. The summed E-state index contributed by atoms with van der Waals surface area (Å²) >= 11 is 5.68. The van der Waals surface area contributed by atoms with Crippen LogP contribution in [-0.4, -0.2) is 34.7 Å². The van der Waals surface area contributed by atoms with Gasteiger partial charge in [0.1, 0.15) is 0 Å². The van der Waals surface area contributed by atoms with Gasteiger partial charge in [-0.2, -0.15) is 0 Å². The molecule has 7 heteroatoms. The van der Waals surface area contributed by atoms with Crippen molar-refractivity contribution in [3.05, 3.63) is 28.8 Å². The van der Waals surface area contributed by atoms with E-state index < -0.39 is 24.5 Å². The van der Waals surface area contributed by atoms with E-state index in [0.29, 0.717) is 5.02 Å². The lowest BCUT2D eigenvalue weighted by molar-refractivity contribution is -0.140. The van der Waals surface area contributed by atoms with Crippen LogP contribution in [0.4, 0.5) is 5.69 Å². The predicted octanol–water partition coefficient (Wildman–Crippen LogP) is 0.0975. The lowest BCUT2D eigenvalue weighted by atomic mass is 10.1. The molecule has 1 rings (SSSR count). The molecule has 92 valence electrons. The van der Waals surface area contributed by atoms with Gasteiger partial charge in [-0.1, -0.05) is 11.6 Å². The minimum atomic E-state index is -1.35. The molecule has 1 amide bonds. The van der Waals surface area contributed by atoms with E-state index in [4.69, 9.17) is 27.5 Å². The number of halogens is 1. The summed E-state index contributed by atoms with van der Waals surface area (Å²) in [5, 5.41) is 19.8. The number of rotatable bonds is 4. The van der Waals surface area contributed by atoms with Crippen LogP contribution >= 0.6 is 11.6 Å². The zero-order valence-corrected chi connectivity index (χ0v) is 9.44.